The average molecular weight is 802 g/mol. The van der Waals surface area contributed by atoms with Crippen molar-refractivity contribution in [2.45, 2.75) is 31.1 Å². The third kappa shape index (κ3) is 4.82. The Bertz CT molecular complexity index is 2120. The van der Waals surface area contributed by atoms with Crippen molar-refractivity contribution in [3.63, 3.8) is 0 Å². The van der Waals surface area contributed by atoms with Gasteiger partial charge >= 0.3 is 0 Å². The molecule has 3 fully saturated rings. The molecule has 4 aromatic rings. The third-order valence-electron chi connectivity index (χ3n) is 10.9. The van der Waals surface area contributed by atoms with Crippen molar-refractivity contribution in [3.8, 4) is 5.75 Å². The summed E-state index contributed by atoms with van der Waals surface area (Å²) in [6.45, 7) is 1.76. The number of hydrogen-bond acceptors (Lipinski definition) is 6. The first-order chi connectivity index (χ1) is 24.0. The molecule has 0 radical (unpaired) electrons. The number of aryl methyl sites for hydroxylation is 1. The summed E-state index contributed by atoms with van der Waals surface area (Å²) in [5.74, 6) is -5.61. The summed E-state index contributed by atoms with van der Waals surface area (Å²) < 4.78 is 14.8. The Morgan fingerprint density at radius 1 is 0.880 bits per heavy atom. The van der Waals surface area contributed by atoms with Crippen LogP contribution in [-0.2, 0) is 24.6 Å². The maximum Gasteiger partial charge on any atom is 0.260 e. The van der Waals surface area contributed by atoms with Gasteiger partial charge in [0.2, 0.25) is 11.8 Å². The van der Waals surface area contributed by atoms with E-state index in [1.165, 1.54) is 29.2 Å². The summed E-state index contributed by atoms with van der Waals surface area (Å²) in [6, 6.07) is 24.6. The number of phenols is 1. The monoisotopic (exact) mass is 801 g/mol. The lowest BCUT2D eigenvalue weighted by Crippen LogP contribution is -2.53. The highest BCUT2D eigenvalue weighted by Crippen LogP contribution is 2.64. The van der Waals surface area contributed by atoms with Gasteiger partial charge in [-0.2, -0.15) is 5.01 Å². The molecule has 2 aliphatic carbocycles. The van der Waals surface area contributed by atoms with Gasteiger partial charge in [0.25, 0.3) is 11.8 Å². The highest BCUT2D eigenvalue weighted by atomic mass is 127. The van der Waals surface area contributed by atoms with Crippen molar-refractivity contribution in [2.24, 2.45) is 23.7 Å². The van der Waals surface area contributed by atoms with Crippen LogP contribution in [0.3, 0.4) is 0 Å². The molecule has 50 heavy (non-hydrogen) atoms. The number of halogens is 3. The lowest BCUT2D eigenvalue weighted by atomic mass is 9.49. The fourth-order valence-electron chi connectivity index (χ4n) is 8.73. The molecule has 1 saturated carbocycles. The zero-order valence-electron chi connectivity index (χ0n) is 26.6. The average Bonchev–Trinajstić information content (AvgIpc) is 3.48. The van der Waals surface area contributed by atoms with E-state index >= 15 is 4.79 Å². The zero-order valence-corrected chi connectivity index (χ0v) is 29.6. The van der Waals surface area contributed by atoms with Crippen LogP contribution >= 0.6 is 34.2 Å². The standard InChI is InChI=1S/C39H30ClFIN3O5/c1-20-18-21(2-17-32(20)46)34-28-15-16-29-33(37(49)44(35(29)47)27-13-9-25(42)10-14-27)30(28)19-31-36(48)45(43-26-11-7-24(41)8-12-26)38(50)39(31,34)22-3-5-23(40)6-4-22/h2-15,17-18,29-31,33-34,43,46H,16,19H2,1H3/t29-,30+,31-,33-,34-,39+/m0/s1. The molecular formula is C39H30ClFIN3O5. The minimum absolute atomic E-state index is 0.0778. The molecule has 11 heteroatoms. The van der Waals surface area contributed by atoms with Crippen LogP contribution in [0.4, 0.5) is 15.8 Å². The van der Waals surface area contributed by atoms with Gasteiger partial charge < -0.3 is 5.11 Å². The number of hydrogen-bond donors (Lipinski definition) is 2. The van der Waals surface area contributed by atoms with E-state index in [2.05, 4.69) is 28.0 Å². The van der Waals surface area contributed by atoms with Gasteiger partial charge in [-0.15, -0.1) is 0 Å². The SMILES string of the molecule is Cc1cc([C@H]2C3=CC[C@@H]4C(=O)N(c5ccc(I)cc5)C(=O)[C@@H]4[C@@H]3C[C@H]3C(=O)N(Nc4ccc(F)cc4)C(=O)[C@@]23c2ccc(Cl)cc2)ccc1O. The number of carbonyl (C=O) groups excluding carboxylic acids is 4. The smallest absolute Gasteiger partial charge is 0.260 e. The number of carbonyl (C=O) groups is 4. The second-order valence-corrected chi connectivity index (χ2v) is 15.1. The first-order valence-corrected chi connectivity index (χ1v) is 17.8. The van der Waals surface area contributed by atoms with Gasteiger partial charge in [0.05, 0.1) is 34.5 Å². The van der Waals surface area contributed by atoms with Gasteiger partial charge in [-0.05, 0) is 132 Å². The normalized spacial score (nSPS) is 27.2. The largest absolute Gasteiger partial charge is 0.508 e. The van der Waals surface area contributed by atoms with Crippen molar-refractivity contribution in [1.82, 2.24) is 5.01 Å². The molecule has 252 valence electrons. The van der Waals surface area contributed by atoms with Crippen LogP contribution in [0.25, 0.3) is 0 Å². The Hall–Kier alpha value is -4.55. The molecule has 4 aromatic carbocycles. The molecule has 6 atom stereocenters. The zero-order chi connectivity index (χ0) is 35.1. The van der Waals surface area contributed by atoms with Crippen molar-refractivity contribution < 1.29 is 28.7 Å². The fourth-order valence-corrected chi connectivity index (χ4v) is 9.22. The van der Waals surface area contributed by atoms with Crippen molar-refractivity contribution >= 4 is 69.2 Å². The van der Waals surface area contributed by atoms with Gasteiger partial charge in [-0.1, -0.05) is 47.5 Å². The molecule has 0 bridgehead atoms. The summed E-state index contributed by atoms with van der Waals surface area (Å²) in [7, 11) is 0. The number of aromatic hydroxyl groups is 1. The minimum atomic E-state index is -1.49. The molecule has 0 spiro atoms. The number of anilines is 2. The van der Waals surface area contributed by atoms with E-state index in [4.69, 9.17) is 11.6 Å². The number of fused-ring (bicyclic) bond motifs is 4. The Morgan fingerprint density at radius 3 is 2.26 bits per heavy atom. The van der Waals surface area contributed by atoms with Gasteiger partial charge in [0.15, 0.2) is 0 Å². The number of nitrogens with zero attached hydrogens (tertiary/aromatic N) is 2. The van der Waals surface area contributed by atoms with Crippen molar-refractivity contribution in [1.29, 1.82) is 0 Å². The molecular weight excluding hydrogens is 772 g/mol. The predicted octanol–water partition coefficient (Wildman–Crippen LogP) is 7.29. The lowest BCUT2D eigenvalue weighted by molar-refractivity contribution is -0.138. The fraction of sp³-hybridized carbons (Fsp3) is 0.231. The Kier molecular flexibility index (Phi) is 7.87. The van der Waals surface area contributed by atoms with E-state index in [0.717, 1.165) is 14.2 Å². The van der Waals surface area contributed by atoms with Crippen LogP contribution < -0.4 is 10.3 Å². The first kappa shape index (κ1) is 32.6. The van der Waals surface area contributed by atoms with Crippen LogP contribution in [-0.4, -0.2) is 33.7 Å². The predicted molar refractivity (Wildman–Crippen MR) is 194 cm³/mol. The van der Waals surface area contributed by atoms with Crippen LogP contribution in [0.1, 0.15) is 35.4 Å². The van der Waals surface area contributed by atoms with Gasteiger partial charge in [-0.3, -0.25) is 29.5 Å². The number of benzene rings is 4. The van der Waals surface area contributed by atoms with E-state index in [1.54, 1.807) is 55.5 Å². The summed E-state index contributed by atoms with van der Waals surface area (Å²) in [5.41, 5.74) is 4.94. The quantitative estimate of drug-likeness (QED) is 0.125. The van der Waals surface area contributed by atoms with Crippen molar-refractivity contribution in [2.75, 3.05) is 10.3 Å². The van der Waals surface area contributed by atoms with Crippen LogP contribution in [0.15, 0.2) is 103 Å². The molecule has 4 amide bonds. The van der Waals surface area contributed by atoms with Gasteiger partial charge in [0.1, 0.15) is 11.6 Å². The van der Waals surface area contributed by atoms with E-state index in [9.17, 15) is 23.9 Å². The number of allylic oxidation sites excluding steroid dienone is 2. The number of imide groups is 2. The second-order valence-electron chi connectivity index (χ2n) is 13.4. The number of nitrogens with one attached hydrogen (secondary N) is 1. The first-order valence-electron chi connectivity index (χ1n) is 16.3. The lowest BCUT2D eigenvalue weighted by Gasteiger charge is -2.50. The third-order valence-corrected chi connectivity index (χ3v) is 11.9. The van der Waals surface area contributed by atoms with E-state index < -0.39 is 52.6 Å². The number of rotatable bonds is 5. The van der Waals surface area contributed by atoms with Crippen molar-refractivity contribution in [3.05, 3.63) is 134 Å². The second kappa shape index (κ2) is 12.1. The minimum Gasteiger partial charge on any atom is -0.508 e. The summed E-state index contributed by atoms with van der Waals surface area (Å²) in [4.78, 5) is 59.5. The van der Waals surface area contributed by atoms with E-state index in [1.807, 2.05) is 24.3 Å². The maximum atomic E-state index is 15.2. The topological polar surface area (TPSA) is 107 Å². The summed E-state index contributed by atoms with van der Waals surface area (Å²) in [6.07, 6.45) is 2.41. The van der Waals surface area contributed by atoms with E-state index in [-0.39, 0.29) is 30.4 Å². The highest BCUT2D eigenvalue weighted by molar-refractivity contribution is 14.1. The molecule has 2 saturated heterocycles. The van der Waals surface area contributed by atoms with E-state index in [0.29, 0.717) is 33.1 Å². The summed E-state index contributed by atoms with van der Waals surface area (Å²) >= 11 is 8.52. The van der Waals surface area contributed by atoms with Crippen LogP contribution in [0, 0.1) is 40.0 Å². The molecule has 2 heterocycles. The number of phenolic OH excluding ortho intramolecular Hbond substituents is 1. The van der Waals surface area contributed by atoms with Crippen LogP contribution in [0.5, 0.6) is 5.75 Å². The molecule has 8 nitrogen and oxygen atoms in total. The molecule has 0 unspecified atom stereocenters. The Labute approximate surface area is 306 Å². The van der Waals surface area contributed by atoms with Gasteiger partial charge in [-0.25, -0.2) is 4.39 Å². The Morgan fingerprint density at radius 2 is 1.58 bits per heavy atom. The molecule has 4 aliphatic rings. The molecule has 2 N–H and O–H groups in total. The van der Waals surface area contributed by atoms with Gasteiger partial charge in [0, 0.05) is 14.5 Å². The molecule has 2 aliphatic heterocycles. The number of hydrazine groups is 1. The Balaban J connectivity index is 1.32. The summed E-state index contributed by atoms with van der Waals surface area (Å²) in [5, 5.41) is 12.0. The molecule has 8 rings (SSSR count). The number of amides is 4. The highest BCUT2D eigenvalue weighted by Gasteiger charge is 2.70. The van der Waals surface area contributed by atoms with Crippen LogP contribution in [0.2, 0.25) is 5.02 Å². The molecule has 0 aromatic heterocycles. The maximum absolute atomic E-state index is 15.2.